The highest BCUT2D eigenvalue weighted by atomic mass is 32.1. The van der Waals surface area contributed by atoms with Gasteiger partial charge in [-0.3, -0.25) is 4.79 Å². The number of carbonyl (C=O) groups excluding carboxylic acids is 1. The first-order valence-electron chi connectivity index (χ1n) is 8.70. The Balaban J connectivity index is 1.54. The zero-order chi connectivity index (χ0) is 19.2. The smallest absolute Gasteiger partial charge is 0.437 e. The molecule has 0 saturated carbocycles. The van der Waals surface area contributed by atoms with Crippen molar-refractivity contribution >= 4 is 17.2 Å². The molecule has 1 unspecified atom stereocenters. The molecule has 0 aliphatic carbocycles. The second-order valence-corrected chi connectivity index (χ2v) is 6.86. The Labute approximate surface area is 160 Å². The van der Waals surface area contributed by atoms with Crippen molar-refractivity contribution in [3.63, 3.8) is 0 Å². The average molecular weight is 387 g/mol. The predicted octanol–water partition coefficient (Wildman–Crippen LogP) is 3.23. The van der Waals surface area contributed by atoms with Crippen molar-refractivity contribution in [2.75, 3.05) is 6.61 Å². The van der Waals surface area contributed by atoms with E-state index in [0.717, 1.165) is 16.2 Å². The van der Waals surface area contributed by atoms with Gasteiger partial charge in [0.2, 0.25) is 5.91 Å². The number of aromatic nitrogens is 2. The molecule has 27 heavy (non-hydrogen) atoms. The number of hydrogen-bond acceptors (Lipinski definition) is 6. The maximum Gasteiger partial charge on any atom is 0.437 e. The minimum atomic E-state index is -0.564. The van der Waals surface area contributed by atoms with Crippen LogP contribution in [0, 0.1) is 0 Å². The maximum absolute atomic E-state index is 12.2. The zero-order valence-corrected chi connectivity index (χ0v) is 16.0. The van der Waals surface area contributed by atoms with Crippen LogP contribution in [0.15, 0.2) is 51.0 Å². The van der Waals surface area contributed by atoms with Crippen molar-refractivity contribution in [2.45, 2.75) is 32.9 Å². The average Bonchev–Trinajstić information content (AvgIpc) is 3.30. The number of rotatable bonds is 8. The van der Waals surface area contributed by atoms with Crippen molar-refractivity contribution < 1.29 is 13.9 Å². The summed E-state index contributed by atoms with van der Waals surface area (Å²) >= 11 is 1.44. The fourth-order valence-electron chi connectivity index (χ4n) is 2.57. The maximum atomic E-state index is 12.2. The molecule has 0 radical (unpaired) electrons. The minimum absolute atomic E-state index is 0.137. The molecule has 142 valence electrons. The Kier molecular flexibility index (Phi) is 6.08. The molecule has 0 spiro atoms. The standard InChI is InChI=1S/C19H21N3O4S/c1-3-25-15-8-6-14(7-9-15)13(2)20-17(23)10-11-22-19(24)26-18(21-22)16-5-4-12-27-16/h4-9,12-13H,3,10-11H2,1-2H3,(H,20,23). The van der Waals surface area contributed by atoms with Crippen molar-refractivity contribution in [1.82, 2.24) is 15.1 Å². The molecule has 1 N–H and O–H groups in total. The van der Waals surface area contributed by atoms with E-state index in [1.165, 1.54) is 16.0 Å². The first kappa shape index (κ1) is 18.9. The lowest BCUT2D eigenvalue weighted by molar-refractivity contribution is -0.122. The number of benzene rings is 1. The number of hydrogen-bond donors (Lipinski definition) is 1. The molecule has 0 bridgehead atoms. The Bertz CT molecular complexity index is 929. The van der Waals surface area contributed by atoms with Gasteiger partial charge in [-0.25, -0.2) is 4.79 Å². The number of thiophene rings is 1. The summed E-state index contributed by atoms with van der Waals surface area (Å²) in [5.74, 6) is 0.347. The van der Waals surface area contributed by atoms with Crippen LogP contribution in [0.5, 0.6) is 5.75 Å². The molecule has 7 nitrogen and oxygen atoms in total. The van der Waals surface area contributed by atoms with E-state index in [2.05, 4.69) is 10.4 Å². The Morgan fingerprint density at radius 2 is 2.11 bits per heavy atom. The van der Waals surface area contributed by atoms with Crippen molar-refractivity contribution in [3.05, 3.63) is 57.9 Å². The van der Waals surface area contributed by atoms with E-state index in [1.807, 2.05) is 55.6 Å². The Morgan fingerprint density at radius 3 is 2.78 bits per heavy atom. The van der Waals surface area contributed by atoms with Gasteiger partial charge in [-0.2, -0.15) is 4.68 Å². The third-order valence-electron chi connectivity index (χ3n) is 3.96. The minimum Gasteiger partial charge on any atom is -0.494 e. The first-order chi connectivity index (χ1) is 13.1. The molecule has 3 aromatic rings. The number of nitrogens with one attached hydrogen (secondary N) is 1. The topological polar surface area (TPSA) is 86.4 Å². The molecule has 8 heteroatoms. The summed E-state index contributed by atoms with van der Waals surface area (Å²) in [4.78, 5) is 24.9. The van der Waals surface area contributed by atoms with Crippen LogP contribution in [0.4, 0.5) is 0 Å². The lowest BCUT2D eigenvalue weighted by atomic mass is 10.1. The number of carbonyl (C=O) groups is 1. The SMILES string of the molecule is CCOc1ccc(C(C)NC(=O)CCn2nc(-c3cccs3)oc2=O)cc1. The number of aryl methyl sites for hydroxylation is 1. The van der Waals surface area contributed by atoms with Crippen molar-refractivity contribution in [1.29, 1.82) is 0 Å². The van der Waals surface area contributed by atoms with Gasteiger partial charge in [0, 0.05) is 6.42 Å². The highest BCUT2D eigenvalue weighted by Crippen LogP contribution is 2.21. The molecule has 1 atom stereocenters. The molecule has 1 amide bonds. The molecular formula is C19H21N3O4S. The lowest BCUT2D eigenvalue weighted by Gasteiger charge is -2.15. The van der Waals surface area contributed by atoms with Gasteiger partial charge in [-0.1, -0.05) is 18.2 Å². The van der Waals surface area contributed by atoms with Gasteiger partial charge in [0.1, 0.15) is 5.75 Å². The van der Waals surface area contributed by atoms with Crippen LogP contribution in [-0.4, -0.2) is 22.3 Å². The van der Waals surface area contributed by atoms with Crippen LogP contribution < -0.4 is 15.8 Å². The van der Waals surface area contributed by atoms with E-state index in [1.54, 1.807) is 0 Å². The van der Waals surface area contributed by atoms with E-state index < -0.39 is 5.76 Å². The highest BCUT2D eigenvalue weighted by molar-refractivity contribution is 7.13. The first-order valence-corrected chi connectivity index (χ1v) is 9.58. The second-order valence-electron chi connectivity index (χ2n) is 5.91. The molecule has 0 fully saturated rings. The summed E-state index contributed by atoms with van der Waals surface area (Å²) in [5.41, 5.74) is 0.977. The summed E-state index contributed by atoms with van der Waals surface area (Å²) in [7, 11) is 0. The fraction of sp³-hybridized carbons (Fsp3) is 0.316. The van der Waals surface area contributed by atoms with E-state index in [9.17, 15) is 9.59 Å². The summed E-state index contributed by atoms with van der Waals surface area (Å²) in [6.07, 6.45) is 0.137. The van der Waals surface area contributed by atoms with Crippen molar-refractivity contribution in [3.8, 4) is 16.5 Å². The summed E-state index contributed by atoms with van der Waals surface area (Å²) in [5, 5.41) is 8.94. The fourth-order valence-corrected chi connectivity index (χ4v) is 3.22. The molecule has 3 rings (SSSR count). The third kappa shape index (κ3) is 4.85. The monoisotopic (exact) mass is 387 g/mol. The van der Waals surface area contributed by atoms with Crippen LogP contribution in [0.1, 0.15) is 31.9 Å². The van der Waals surface area contributed by atoms with Crippen LogP contribution in [0.3, 0.4) is 0 Å². The molecule has 0 aliphatic heterocycles. The van der Waals surface area contributed by atoms with Crippen LogP contribution >= 0.6 is 11.3 Å². The molecule has 2 aromatic heterocycles. The van der Waals surface area contributed by atoms with Gasteiger partial charge in [-0.05, 0) is 43.0 Å². The Hall–Kier alpha value is -2.87. The van der Waals surface area contributed by atoms with Gasteiger partial charge < -0.3 is 14.5 Å². The number of ether oxygens (including phenoxy) is 1. The van der Waals surface area contributed by atoms with E-state index in [-0.39, 0.29) is 30.8 Å². The van der Waals surface area contributed by atoms with Gasteiger partial charge in [0.05, 0.1) is 24.1 Å². The summed E-state index contributed by atoms with van der Waals surface area (Å²) in [6, 6.07) is 11.1. The molecule has 0 aliphatic rings. The molecule has 2 heterocycles. The van der Waals surface area contributed by atoms with Crippen molar-refractivity contribution in [2.24, 2.45) is 0 Å². The number of nitrogens with zero attached hydrogens (tertiary/aromatic N) is 2. The van der Waals surface area contributed by atoms with E-state index in [4.69, 9.17) is 9.15 Å². The van der Waals surface area contributed by atoms with Crippen LogP contribution in [0.2, 0.25) is 0 Å². The quantitative estimate of drug-likeness (QED) is 0.641. The normalized spacial score (nSPS) is 11.9. The highest BCUT2D eigenvalue weighted by Gasteiger charge is 2.14. The van der Waals surface area contributed by atoms with Gasteiger partial charge in [0.15, 0.2) is 0 Å². The van der Waals surface area contributed by atoms with E-state index in [0.29, 0.717) is 6.61 Å². The summed E-state index contributed by atoms with van der Waals surface area (Å²) in [6.45, 7) is 4.61. The molecule has 0 saturated heterocycles. The second kappa shape index (κ2) is 8.68. The van der Waals surface area contributed by atoms with Crippen LogP contribution in [0.25, 0.3) is 10.8 Å². The number of amides is 1. The van der Waals surface area contributed by atoms with Crippen LogP contribution in [-0.2, 0) is 11.3 Å². The van der Waals surface area contributed by atoms with Gasteiger partial charge in [0.25, 0.3) is 5.89 Å². The largest absolute Gasteiger partial charge is 0.494 e. The predicted molar refractivity (Wildman–Crippen MR) is 103 cm³/mol. The summed E-state index contributed by atoms with van der Waals surface area (Å²) < 4.78 is 11.7. The van der Waals surface area contributed by atoms with Gasteiger partial charge >= 0.3 is 5.76 Å². The van der Waals surface area contributed by atoms with Gasteiger partial charge in [-0.15, -0.1) is 16.4 Å². The van der Waals surface area contributed by atoms with E-state index >= 15 is 0 Å². The zero-order valence-electron chi connectivity index (χ0n) is 15.2. The third-order valence-corrected chi connectivity index (χ3v) is 4.82. The Morgan fingerprint density at radius 1 is 1.33 bits per heavy atom. The lowest BCUT2D eigenvalue weighted by Crippen LogP contribution is -2.28. The molecular weight excluding hydrogens is 366 g/mol. The molecule has 1 aromatic carbocycles.